The molecule has 2 heterocycles. The van der Waals surface area contributed by atoms with Crippen molar-refractivity contribution < 1.29 is 4.21 Å². The summed E-state index contributed by atoms with van der Waals surface area (Å²) in [5, 5.41) is 3.92. The highest BCUT2D eigenvalue weighted by Gasteiger charge is 2.23. The molecule has 1 aromatic heterocycles. The van der Waals surface area contributed by atoms with Crippen LogP contribution in [0.5, 0.6) is 0 Å². The van der Waals surface area contributed by atoms with Crippen LogP contribution in [0.25, 0.3) is 0 Å². The second kappa shape index (κ2) is 5.01. The third-order valence-electron chi connectivity index (χ3n) is 2.70. The van der Waals surface area contributed by atoms with Crippen LogP contribution in [0.4, 0.5) is 0 Å². The third-order valence-corrected chi connectivity index (χ3v) is 4.25. The molecule has 0 radical (unpaired) electrons. The summed E-state index contributed by atoms with van der Waals surface area (Å²) in [4.78, 5) is 8.54. The van der Waals surface area contributed by atoms with Crippen molar-refractivity contribution in [3.8, 4) is 0 Å². The molecular formula is C11H17N3OS. The van der Waals surface area contributed by atoms with Crippen molar-refractivity contribution >= 4 is 10.8 Å². The quantitative estimate of drug-likeness (QED) is 0.781. The first-order valence-electron chi connectivity index (χ1n) is 5.60. The zero-order valence-electron chi connectivity index (χ0n) is 9.69. The maximum atomic E-state index is 12.3. The van der Waals surface area contributed by atoms with Gasteiger partial charge in [0.25, 0.3) is 0 Å². The number of nitrogens with zero attached hydrogens (tertiary/aromatic N) is 2. The minimum atomic E-state index is -1.08. The first-order valence-corrected chi connectivity index (χ1v) is 6.81. The fourth-order valence-electron chi connectivity index (χ4n) is 1.94. The van der Waals surface area contributed by atoms with E-state index in [-0.39, 0.29) is 5.25 Å². The van der Waals surface area contributed by atoms with Crippen LogP contribution in [-0.2, 0) is 10.8 Å². The molecule has 0 saturated carbocycles. The van der Waals surface area contributed by atoms with Gasteiger partial charge in [-0.3, -0.25) is 4.21 Å². The minimum absolute atomic E-state index is 0.162. The van der Waals surface area contributed by atoms with Gasteiger partial charge in [0.15, 0.2) is 0 Å². The predicted octanol–water partition coefficient (Wildman–Crippen LogP) is 0.953. The van der Waals surface area contributed by atoms with Crippen molar-refractivity contribution in [2.45, 2.75) is 37.1 Å². The Morgan fingerprint density at radius 3 is 2.62 bits per heavy atom. The third kappa shape index (κ3) is 2.65. The Hall–Kier alpha value is -0.810. The molecule has 88 valence electrons. The van der Waals surface area contributed by atoms with Crippen molar-refractivity contribution in [2.75, 3.05) is 13.1 Å². The highest BCUT2D eigenvalue weighted by molar-refractivity contribution is 7.85. The fraction of sp³-hybridized carbons (Fsp3) is 0.636. The van der Waals surface area contributed by atoms with E-state index >= 15 is 0 Å². The van der Waals surface area contributed by atoms with Gasteiger partial charge in [-0.25, -0.2) is 9.97 Å². The molecule has 0 unspecified atom stereocenters. The van der Waals surface area contributed by atoms with E-state index < -0.39 is 10.8 Å². The van der Waals surface area contributed by atoms with E-state index in [0.717, 1.165) is 37.3 Å². The summed E-state index contributed by atoms with van der Waals surface area (Å²) in [6, 6.07) is 1.90. The van der Waals surface area contributed by atoms with E-state index in [1.807, 2.05) is 19.9 Å². The average Bonchev–Trinajstić information content (AvgIpc) is 2.28. The van der Waals surface area contributed by atoms with Crippen LogP contribution in [0.2, 0.25) is 0 Å². The molecule has 0 bridgehead atoms. The molecule has 0 aliphatic carbocycles. The molecule has 0 aromatic carbocycles. The van der Waals surface area contributed by atoms with Gasteiger partial charge in [-0.1, -0.05) is 0 Å². The normalized spacial score (nSPS) is 23.0. The van der Waals surface area contributed by atoms with Gasteiger partial charge in [-0.2, -0.15) is 0 Å². The zero-order valence-corrected chi connectivity index (χ0v) is 10.5. The maximum Gasteiger partial charge on any atom is 0.219 e. The van der Waals surface area contributed by atoms with Crippen molar-refractivity contribution in [3.63, 3.8) is 0 Å². The maximum absolute atomic E-state index is 12.3. The monoisotopic (exact) mass is 239 g/mol. The standard InChI is InChI=1S/C11H17N3OS/c1-8-6-9(2)14-11(13-8)16(15)10-4-3-5-12-7-10/h6,10,12H,3-5,7H2,1-2H3/t10-,16+/m1/s1. The van der Waals surface area contributed by atoms with Crippen LogP contribution >= 0.6 is 0 Å². The molecular weight excluding hydrogens is 222 g/mol. The first kappa shape index (κ1) is 11.7. The van der Waals surface area contributed by atoms with Gasteiger partial charge in [0, 0.05) is 17.9 Å². The average molecular weight is 239 g/mol. The molecule has 1 aromatic rings. The van der Waals surface area contributed by atoms with Crippen LogP contribution in [-0.4, -0.2) is 32.5 Å². The van der Waals surface area contributed by atoms with Crippen molar-refractivity contribution in [1.82, 2.24) is 15.3 Å². The van der Waals surface area contributed by atoms with Crippen LogP contribution in [0.15, 0.2) is 11.2 Å². The molecule has 2 rings (SSSR count). The predicted molar refractivity (Wildman–Crippen MR) is 63.8 cm³/mol. The molecule has 16 heavy (non-hydrogen) atoms. The summed E-state index contributed by atoms with van der Waals surface area (Å²) in [5.74, 6) is 0. The number of hydrogen-bond donors (Lipinski definition) is 1. The van der Waals surface area contributed by atoms with Crippen molar-refractivity contribution in [1.29, 1.82) is 0 Å². The lowest BCUT2D eigenvalue weighted by atomic mass is 10.2. The smallest absolute Gasteiger partial charge is 0.219 e. The lowest BCUT2D eigenvalue weighted by molar-refractivity contribution is 0.517. The Morgan fingerprint density at radius 2 is 2.06 bits per heavy atom. The number of aromatic nitrogens is 2. The Kier molecular flexibility index (Phi) is 3.66. The summed E-state index contributed by atoms with van der Waals surface area (Å²) in [6.45, 7) is 5.66. The van der Waals surface area contributed by atoms with Crippen molar-refractivity contribution in [3.05, 3.63) is 17.5 Å². The van der Waals surface area contributed by atoms with Crippen LogP contribution in [0, 0.1) is 13.8 Å². The van der Waals surface area contributed by atoms with Crippen LogP contribution in [0.3, 0.4) is 0 Å². The van der Waals surface area contributed by atoms with E-state index in [4.69, 9.17) is 0 Å². The molecule has 5 heteroatoms. The first-order chi connectivity index (χ1) is 7.66. The Labute approximate surface area is 98.3 Å². The fourth-order valence-corrected chi connectivity index (χ4v) is 3.35. The molecule has 0 amide bonds. The van der Waals surface area contributed by atoms with Gasteiger partial charge < -0.3 is 5.32 Å². The molecule has 4 nitrogen and oxygen atoms in total. The van der Waals surface area contributed by atoms with E-state index in [9.17, 15) is 4.21 Å². The molecule has 1 fully saturated rings. The van der Waals surface area contributed by atoms with Crippen molar-refractivity contribution in [2.24, 2.45) is 0 Å². The molecule has 0 spiro atoms. The second-order valence-corrected chi connectivity index (χ2v) is 5.83. The van der Waals surface area contributed by atoms with Crippen LogP contribution < -0.4 is 5.32 Å². The SMILES string of the molecule is Cc1cc(C)nc([S@@](=O)[C@@H]2CCCNC2)n1. The number of hydrogen-bond acceptors (Lipinski definition) is 4. The minimum Gasteiger partial charge on any atom is -0.316 e. The summed E-state index contributed by atoms with van der Waals surface area (Å²) >= 11 is 0. The molecule has 1 aliphatic heterocycles. The highest BCUT2D eigenvalue weighted by atomic mass is 32.2. The molecule has 1 aliphatic rings. The molecule has 1 N–H and O–H groups in total. The lowest BCUT2D eigenvalue weighted by Gasteiger charge is -2.21. The van der Waals surface area contributed by atoms with E-state index in [0.29, 0.717) is 5.16 Å². The zero-order chi connectivity index (χ0) is 11.5. The second-order valence-electron chi connectivity index (χ2n) is 4.20. The number of nitrogens with one attached hydrogen (secondary N) is 1. The van der Waals surface area contributed by atoms with Gasteiger partial charge in [-0.05, 0) is 39.3 Å². The van der Waals surface area contributed by atoms with Gasteiger partial charge in [0.05, 0.1) is 16.0 Å². The number of piperidine rings is 1. The van der Waals surface area contributed by atoms with Gasteiger partial charge in [-0.15, -0.1) is 0 Å². The molecule has 1 saturated heterocycles. The lowest BCUT2D eigenvalue weighted by Crippen LogP contribution is -2.36. The van der Waals surface area contributed by atoms with Crippen LogP contribution in [0.1, 0.15) is 24.2 Å². The van der Waals surface area contributed by atoms with Gasteiger partial charge in [0.1, 0.15) is 0 Å². The number of rotatable bonds is 2. The Morgan fingerprint density at radius 1 is 1.38 bits per heavy atom. The van der Waals surface area contributed by atoms with E-state index in [1.165, 1.54) is 0 Å². The number of aryl methyl sites for hydroxylation is 2. The van der Waals surface area contributed by atoms with E-state index in [2.05, 4.69) is 15.3 Å². The largest absolute Gasteiger partial charge is 0.316 e. The summed E-state index contributed by atoms with van der Waals surface area (Å²) in [7, 11) is -1.08. The van der Waals surface area contributed by atoms with Gasteiger partial charge in [0.2, 0.25) is 5.16 Å². The van der Waals surface area contributed by atoms with Gasteiger partial charge >= 0.3 is 0 Å². The summed E-state index contributed by atoms with van der Waals surface area (Å²) in [5.41, 5.74) is 1.78. The topological polar surface area (TPSA) is 54.9 Å². The highest BCUT2D eigenvalue weighted by Crippen LogP contribution is 2.14. The Balaban J connectivity index is 2.19. The Bertz CT molecular complexity index is 382. The molecule has 2 atom stereocenters. The summed E-state index contributed by atoms with van der Waals surface area (Å²) < 4.78 is 12.3. The van der Waals surface area contributed by atoms with E-state index in [1.54, 1.807) is 0 Å². The summed E-state index contributed by atoms with van der Waals surface area (Å²) in [6.07, 6.45) is 2.08.